The Morgan fingerprint density at radius 2 is 2.43 bits per heavy atom. The van der Waals surface area contributed by atoms with E-state index in [0.717, 1.165) is 0 Å². The summed E-state index contributed by atoms with van der Waals surface area (Å²) in [5, 5.41) is 10.3. The van der Waals surface area contributed by atoms with Gasteiger partial charge < -0.3 is 19.3 Å². The number of hydrogen-bond acceptors (Lipinski definition) is 4. The third-order valence-corrected chi connectivity index (χ3v) is 2.73. The minimum absolute atomic E-state index is 0.177. The molecule has 0 aromatic carbocycles. The molecule has 0 aromatic heterocycles. The zero-order valence-corrected chi connectivity index (χ0v) is 7.89. The minimum Gasteiger partial charge on any atom is -0.385 e. The molecule has 0 bridgehead atoms. The van der Waals surface area contributed by atoms with Crippen LogP contribution in [0.25, 0.3) is 0 Å². The molecule has 4 atom stereocenters. The van der Waals surface area contributed by atoms with E-state index in [-0.39, 0.29) is 12.9 Å². The molecule has 0 aliphatic carbocycles. The predicted molar refractivity (Wildman–Crippen MR) is 49.9 cm³/mol. The third-order valence-electron chi connectivity index (χ3n) is 2.73. The van der Waals surface area contributed by atoms with Gasteiger partial charge in [-0.15, -0.1) is 6.58 Å². The molecule has 2 saturated heterocycles. The normalized spacial score (nSPS) is 47.4. The molecule has 1 N–H and O–H groups in total. The van der Waals surface area contributed by atoms with Crippen molar-refractivity contribution in [3.8, 4) is 0 Å². The lowest BCUT2D eigenvalue weighted by Crippen LogP contribution is -2.51. The van der Waals surface area contributed by atoms with Gasteiger partial charge in [0.1, 0.15) is 32.4 Å². The topological polar surface area (TPSA) is 47.9 Å². The molecule has 4 nitrogen and oxygen atoms in total. The van der Waals surface area contributed by atoms with Crippen LogP contribution in [0.3, 0.4) is 0 Å². The van der Waals surface area contributed by atoms with Crippen LogP contribution >= 0.6 is 0 Å². The zero-order valence-electron chi connectivity index (χ0n) is 7.89. The first-order valence-electron chi connectivity index (χ1n) is 4.62. The molecule has 76 valence electrons. The standard InChI is InChI=1S/C9H13BO4/c1-2-3-9(11)7-6(14-8(9)10)4-12-5-13-7/h2,6-8,11H,1,3-5H2/t6?,7-,8?,9+/m1/s1. The van der Waals surface area contributed by atoms with E-state index < -0.39 is 17.7 Å². The van der Waals surface area contributed by atoms with Crippen LogP contribution in [0.5, 0.6) is 0 Å². The lowest BCUT2D eigenvalue weighted by Gasteiger charge is -2.34. The molecule has 2 aliphatic rings. The van der Waals surface area contributed by atoms with Crippen LogP contribution in [-0.4, -0.2) is 50.2 Å². The van der Waals surface area contributed by atoms with Crippen molar-refractivity contribution >= 4 is 7.85 Å². The van der Waals surface area contributed by atoms with Gasteiger partial charge in [0.25, 0.3) is 0 Å². The summed E-state index contributed by atoms with van der Waals surface area (Å²) in [7, 11) is 5.70. The molecule has 0 spiro atoms. The highest BCUT2D eigenvalue weighted by Crippen LogP contribution is 2.36. The Hall–Kier alpha value is -0.355. The van der Waals surface area contributed by atoms with E-state index >= 15 is 0 Å². The average molecular weight is 196 g/mol. The van der Waals surface area contributed by atoms with Gasteiger partial charge in [-0.25, -0.2) is 0 Å². The van der Waals surface area contributed by atoms with Crippen LogP contribution in [0, 0.1) is 0 Å². The van der Waals surface area contributed by atoms with Crippen molar-refractivity contribution in [3.63, 3.8) is 0 Å². The number of fused-ring (bicyclic) bond motifs is 1. The maximum absolute atomic E-state index is 10.3. The van der Waals surface area contributed by atoms with Crippen molar-refractivity contribution in [2.24, 2.45) is 0 Å². The summed E-state index contributed by atoms with van der Waals surface area (Å²) in [4.78, 5) is 0. The smallest absolute Gasteiger partial charge is 0.147 e. The van der Waals surface area contributed by atoms with Gasteiger partial charge in [0.15, 0.2) is 0 Å². The highest BCUT2D eigenvalue weighted by molar-refractivity contribution is 6.12. The Bertz CT molecular complexity index is 235. The molecule has 2 aliphatic heterocycles. The lowest BCUT2D eigenvalue weighted by atomic mass is 9.78. The van der Waals surface area contributed by atoms with Crippen molar-refractivity contribution < 1.29 is 19.3 Å². The van der Waals surface area contributed by atoms with E-state index in [2.05, 4.69) is 6.58 Å². The van der Waals surface area contributed by atoms with E-state index in [9.17, 15) is 5.11 Å². The largest absolute Gasteiger partial charge is 0.385 e. The molecule has 5 heteroatoms. The minimum atomic E-state index is -1.17. The summed E-state index contributed by atoms with van der Waals surface area (Å²) < 4.78 is 15.7. The molecule has 2 radical (unpaired) electrons. The van der Waals surface area contributed by atoms with Gasteiger partial charge in [-0.3, -0.25) is 0 Å². The molecule has 14 heavy (non-hydrogen) atoms. The van der Waals surface area contributed by atoms with Crippen molar-refractivity contribution in [1.29, 1.82) is 0 Å². The Balaban J connectivity index is 2.18. The van der Waals surface area contributed by atoms with Crippen LogP contribution in [0.2, 0.25) is 0 Å². The molecule has 2 heterocycles. The number of rotatable bonds is 2. The molecule has 0 aromatic rings. The second-order valence-electron chi connectivity index (χ2n) is 3.66. The summed E-state index contributed by atoms with van der Waals surface area (Å²) in [5.74, 6) is 0. The van der Waals surface area contributed by atoms with E-state index in [1.165, 1.54) is 0 Å². The van der Waals surface area contributed by atoms with Crippen molar-refractivity contribution in [3.05, 3.63) is 12.7 Å². The van der Waals surface area contributed by atoms with Crippen LogP contribution in [0.1, 0.15) is 6.42 Å². The van der Waals surface area contributed by atoms with E-state index in [1.54, 1.807) is 6.08 Å². The van der Waals surface area contributed by atoms with Gasteiger partial charge in [-0.05, 0) is 6.42 Å². The van der Waals surface area contributed by atoms with Gasteiger partial charge in [-0.2, -0.15) is 0 Å². The maximum Gasteiger partial charge on any atom is 0.147 e. The lowest BCUT2D eigenvalue weighted by molar-refractivity contribution is -0.202. The first kappa shape index (κ1) is 10.2. The summed E-state index contributed by atoms with van der Waals surface area (Å²) in [6.07, 6.45) is 1.28. The van der Waals surface area contributed by atoms with Crippen LogP contribution in [0.15, 0.2) is 12.7 Å². The quantitative estimate of drug-likeness (QED) is 0.480. The van der Waals surface area contributed by atoms with Crippen molar-refractivity contribution in [2.45, 2.75) is 30.2 Å². The summed E-state index contributed by atoms with van der Waals surface area (Å²) in [6, 6.07) is -0.739. The van der Waals surface area contributed by atoms with E-state index in [1.807, 2.05) is 0 Å². The van der Waals surface area contributed by atoms with Gasteiger partial charge in [0, 0.05) is 6.00 Å². The fraction of sp³-hybridized carbons (Fsp3) is 0.778. The van der Waals surface area contributed by atoms with Crippen LogP contribution in [0.4, 0.5) is 0 Å². The molecule has 0 amide bonds. The second kappa shape index (κ2) is 3.66. The Labute approximate surface area is 84.2 Å². The third kappa shape index (κ3) is 1.41. The summed E-state index contributed by atoms with van der Waals surface area (Å²) in [5.41, 5.74) is -1.17. The highest BCUT2D eigenvalue weighted by Gasteiger charge is 2.54. The first-order chi connectivity index (χ1) is 6.68. The number of aliphatic hydroxyl groups is 1. The summed E-state index contributed by atoms with van der Waals surface area (Å²) >= 11 is 0. The van der Waals surface area contributed by atoms with E-state index in [4.69, 9.17) is 22.1 Å². The summed E-state index contributed by atoms with van der Waals surface area (Å²) in [6.45, 7) is 4.18. The first-order valence-corrected chi connectivity index (χ1v) is 4.62. The monoisotopic (exact) mass is 196 g/mol. The van der Waals surface area contributed by atoms with Gasteiger partial charge in [0.2, 0.25) is 0 Å². The maximum atomic E-state index is 10.3. The number of hydrogen-bond donors (Lipinski definition) is 1. The zero-order chi connectivity index (χ0) is 10.2. The van der Waals surface area contributed by atoms with Gasteiger partial charge in [-0.1, -0.05) is 6.08 Å². The SMILES string of the molecule is [B]C1OC2COCO[C@H]2[C@@]1(O)CC=C. The van der Waals surface area contributed by atoms with Gasteiger partial charge in [0.05, 0.1) is 6.61 Å². The van der Waals surface area contributed by atoms with Gasteiger partial charge >= 0.3 is 0 Å². The van der Waals surface area contributed by atoms with Crippen molar-refractivity contribution in [1.82, 2.24) is 0 Å². The Morgan fingerprint density at radius 1 is 1.64 bits per heavy atom. The van der Waals surface area contributed by atoms with Crippen LogP contribution in [-0.2, 0) is 14.2 Å². The predicted octanol–water partition coefficient (Wildman–Crippen LogP) is -0.440. The highest BCUT2D eigenvalue weighted by atomic mass is 16.7. The fourth-order valence-electron chi connectivity index (χ4n) is 1.99. The molecular formula is C9H13BO4. The molecular weight excluding hydrogens is 183 g/mol. The molecule has 0 saturated carbocycles. The Kier molecular flexibility index (Phi) is 2.66. The fourth-order valence-corrected chi connectivity index (χ4v) is 1.99. The molecule has 2 unspecified atom stereocenters. The molecule has 2 rings (SSSR count). The average Bonchev–Trinajstić information content (AvgIpc) is 2.41. The van der Waals surface area contributed by atoms with E-state index in [0.29, 0.717) is 13.0 Å². The van der Waals surface area contributed by atoms with Crippen LogP contribution < -0.4 is 0 Å². The number of ether oxygens (including phenoxy) is 3. The second-order valence-corrected chi connectivity index (χ2v) is 3.66. The Morgan fingerprint density at radius 3 is 3.14 bits per heavy atom. The van der Waals surface area contributed by atoms with Crippen molar-refractivity contribution in [2.75, 3.05) is 13.4 Å². The molecule has 2 fully saturated rings.